The second-order valence-electron chi connectivity index (χ2n) is 9.18. The molecule has 0 bridgehead atoms. The molecule has 0 radical (unpaired) electrons. The average molecular weight is 762 g/mol. The van der Waals surface area contributed by atoms with Crippen molar-refractivity contribution in [2.24, 2.45) is 0 Å². The molecule has 0 aliphatic carbocycles. The molecule has 0 spiro atoms. The number of halogens is 26. The molecule has 0 aromatic carbocycles. The summed E-state index contributed by atoms with van der Waals surface area (Å²) in [7, 11) is 0. The first-order chi connectivity index (χ1) is 20.0. The highest BCUT2D eigenvalue weighted by Gasteiger charge is 2.92. The third-order valence-corrected chi connectivity index (χ3v) is 5.72. The van der Waals surface area contributed by atoms with E-state index in [9.17, 15) is 114 Å². The number of rotatable bonds is 16. The van der Waals surface area contributed by atoms with Gasteiger partial charge in [-0.2, -0.15) is 114 Å². The summed E-state index contributed by atoms with van der Waals surface area (Å²) >= 11 is 0. The molecule has 0 aromatic rings. The molecule has 0 saturated heterocycles. The van der Waals surface area contributed by atoms with Crippen molar-refractivity contribution in [1.29, 1.82) is 0 Å². The van der Waals surface area contributed by atoms with E-state index in [1.807, 2.05) is 0 Å². The Labute approximate surface area is 242 Å². The van der Waals surface area contributed by atoms with Crippen molar-refractivity contribution in [3.05, 3.63) is 24.7 Å². The zero-order valence-corrected chi connectivity index (χ0v) is 21.5. The maximum absolute atomic E-state index is 13.8. The molecule has 47 heavy (non-hydrogen) atoms. The van der Waals surface area contributed by atoms with Gasteiger partial charge in [0.15, 0.2) is 0 Å². The van der Waals surface area contributed by atoms with Crippen LogP contribution >= 0.6 is 0 Å². The summed E-state index contributed by atoms with van der Waals surface area (Å²) in [6, 6.07) is 0. The van der Waals surface area contributed by atoms with E-state index in [-0.39, 0.29) is 0 Å². The van der Waals surface area contributed by atoms with Crippen molar-refractivity contribution in [2.75, 3.05) is 0 Å². The van der Waals surface area contributed by atoms with Gasteiger partial charge >= 0.3 is 71.6 Å². The molecule has 280 valence electrons. The summed E-state index contributed by atoms with van der Waals surface area (Å²) in [6.45, 7) is 4.93. The van der Waals surface area contributed by atoms with Crippen LogP contribution in [0.25, 0.3) is 0 Å². The van der Waals surface area contributed by atoms with Gasteiger partial charge in [-0.3, -0.25) is 0 Å². The number of hydrogen-bond donors (Lipinski definition) is 0. The minimum Gasteiger partial charge on any atom is -0.467 e. The predicted octanol–water partition coefficient (Wildman–Crippen LogP) is 11.1. The summed E-state index contributed by atoms with van der Waals surface area (Å²) < 4.78 is 344. The first-order valence-electron chi connectivity index (χ1n) is 10.9. The van der Waals surface area contributed by atoms with Gasteiger partial charge in [-0.05, 0) is 0 Å². The molecule has 0 heterocycles. The van der Waals surface area contributed by atoms with Gasteiger partial charge in [0.1, 0.15) is 0 Å². The van der Waals surface area contributed by atoms with Crippen molar-refractivity contribution in [3.63, 3.8) is 0 Å². The Morgan fingerprint density at radius 2 is 0.511 bits per heavy atom. The molecule has 0 N–H and O–H groups in total. The van der Waals surface area contributed by atoms with Crippen LogP contribution in [0.15, 0.2) is 24.7 Å². The Balaban J connectivity index is 5.81. The van der Waals surface area contributed by atoms with Crippen LogP contribution in [0, 0.1) is 0 Å². The van der Waals surface area contributed by atoms with Crippen LogP contribution in [-0.4, -0.2) is 71.6 Å². The van der Waals surface area contributed by atoms with Crippen molar-refractivity contribution in [1.82, 2.24) is 0 Å². The van der Waals surface area contributed by atoms with E-state index < -0.39 is 109 Å². The maximum atomic E-state index is 13.8. The third kappa shape index (κ3) is 6.98. The van der Waals surface area contributed by atoms with Crippen molar-refractivity contribution >= 4 is 0 Å². The maximum Gasteiger partial charge on any atom is 0.460 e. The SMILES string of the molecule is C=C(CCC(F)(F)C(F)(F)C(F)(F)C(F)(F)C(F)(F)C(F)(F)F)OC(=C)CCC(F)(F)C(F)(F)C(F)(F)C(F)(F)C(F)(F)C(F)(F)F. The van der Waals surface area contributed by atoms with Gasteiger partial charge in [-0.1, -0.05) is 13.2 Å². The average Bonchev–Trinajstić information content (AvgIpc) is 2.84. The van der Waals surface area contributed by atoms with Crippen LogP contribution in [0.5, 0.6) is 0 Å². The summed E-state index contributed by atoms with van der Waals surface area (Å²) in [6.07, 6.45) is -25.7. The number of alkyl halides is 26. The van der Waals surface area contributed by atoms with Crippen molar-refractivity contribution in [3.8, 4) is 0 Å². The second kappa shape index (κ2) is 12.1. The first-order valence-corrected chi connectivity index (χ1v) is 10.9. The molecule has 0 rings (SSSR count). The number of allylic oxidation sites excluding steroid dienone is 2. The number of hydrogen-bond acceptors (Lipinski definition) is 1. The van der Waals surface area contributed by atoms with E-state index in [0.717, 1.165) is 0 Å². The monoisotopic (exact) mass is 762 g/mol. The topological polar surface area (TPSA) is 9.23 Å². The van der Waals surface area contributed by atoms with E-state index >= 15 is 0 Å². The van der Waals surface area contributed by atoms with Gasteiger partial charge < -0.3 is 4.74 Å². The van der Waals surface area contributed by atoms with Crippen LogP contribution in [-0.2, 0) is 4.74 Å². The molecule has 0 fully saturated rings. The van der Waals surface area contributed by atoms with Gasteiger partial charge in [0, 0.05) is 25.7 Å². The van der Waals surface area contributed by atoms with Crippen LogP contribution in [0.4, 0.5) is 114 Å². The minimum absolute atomic E-state index is 1.65. The fraction of sp³-hybridized carbons (Fsp3) is 0.800. The highest BCUT2D eigenvalue weighted by atomic mass is 19.4. The quantitative estimate of drug-likeness (QED) is 0.112. The largest absolute Gasteiger partial charge is 0.467 e. The predicted molar refractivity (Wildman–Crippen MR) is 99.4 cm³/mol. The van der Waals surface area contributed by atoms with Gasteiger partial charge in [0.2, 0.25) is 0 Å². The van der Waals surface area contributed by atoms with Crippen LogP contribution < -0.4 is 0 Å². The van der Waals surface area contributed by atoms with Crippen LogP contribution in [0.2, 0.25) is 0 Å². The first kappa shape index (κ1) is 44.5. The molecule has 0 aliphatic heterocycles. The Morgan fingerprint density at radius 3 is 0.702 bits per heavy atom. The van der Waals surface area contributed by atoms with Crippen molar-refractivity contribution in [2.45, 2.75) is 97.3 Å². The molecular weight excluding hydrogens is 750 g/mol. The zero-order valence-electron chi connectivity index (χ0n) is 21.5. The molecule has 0 unspecified atom stereocenters. The van der Waals surface area contributed by atoms with Gasteiger partial charge in [0.05, 0.1) is 11.5 Å². The van der Waals surface area contributed by atoms with E-state index in [2.05, 4.69) is 17.9 Å². The lowest BCUT2D eigenvalue weighted by molar-refractivity contribution is -0.440. The number of ether oxygens (including phenoxy) is 1. The summed E-state index contributed by atoms with van der Waals surface area (Å²) in [4.78, 5) is 0. The molecule has 1 nitrogen and oxygen atoms in total. The lowest BCUT2D eigenvalue weighted by Gasteiger charge is -2.40. The molecule has 0 aliphatic rings. The van der Waals surface area contributed by atoms with Crippen LogP contribution in [0.1, 0.15) is 25.7 Å². The van der Waals surface area contributed by atoms with E-state index in [0.29, 0.717) is 0 Å². The van der Waals surface area contributed by atoms with E-state index in [1.54, 1.807) is 0 Å². The molecule has 0 saturated carbocycles. The highest BCUT2D eigenvalue weighted by molar-refractivity contribution is 5.12. The Hall–Kier alpha value is -2.54. The van der Waals surface area contributed by atoms with Gasteiger partial charge in [-0.15, -0.1) is 0 Å². The minimum atomic E-state index is -8.26. The summed E-state index contributed by atoms with van der Waals surface area (Å²) in [5.41, 5.74) is 0. The van der Waals surface area contributed by atoms with Crippen molar-refractivity contribution < 1.29 is 119 Å². The second-order valence-corrected chi connectivity index (χ2v) is 9.18. The Kier molecular flexibility index (Phi) is 11.4. The standard InChI is InChI=1S/C20H12F26O/c1-7(3-5-9(21,22)11(25,26)13(29,30)15(33,34)17(37,38)19(41,42)43)47-8(2)4-6-10(23,24)12(27,28)14(31,32)16(35,36)18(39,40)20(44,45)46/h1-6H2. The molecule has 0 atom stereocenters. The normalized spacial score (nSPS) is 16.0. The summed E-state index contributed by atoms with van der Waals surface area (Å²) in [5.74, 6) is -81.3. The smallest absolute Gasteiger partial charge is 0.460 e. The zero-order chi connectivity index (χ0) is 38.7. The summed E-state index contributed by atoms with van der Waals surface area (Å²) in [5, 5.41) is 0. The molecule has 0 aromatic heterocycles. The Bertz CT molecular complexity index is 1050. The van der Waals surface area contributed by atoms with E-state index in [4.69, 9.17) is 0 Å². The lowest BCUT2D eigenvalue weighted by Crippen LogP contribution is -2.70. The fourth-order valence-electron chi connectivity index (χ4n) is 2.82. The van der Waals surface area contributed by atoms with Gasteiger partial charge in [0.25, 0.3) is 0 Å². The lowest BCUT2D eigenvalue weighted by atomic mass is 9.91. The highest BCUT2D eigenvalue weighted by Crippen LogP contribution is 2.62. The Morgan fingerprint density at radius 1 is 0.319 bits per heavy atom. The molecule has 0 amide bonds. The third-order valence-electron chi connectivity index (χ3n) is 5.72. The fourth-order valence-corrected chi connectivity index (χ4v) is 2.82. The molecular formula is C20H12F26O. The van der Waals surface area contributed by atoms with E-state index in [1.165, 1.54) is 0 Å². The van der Waals surface area contributed by atoms with Gasteiger partial charge in [-0.25, -0.2) is 0 Å². The molecule has 27 heteroatoms. The van der Waals surface area contributed by atoms with Crippen LogP contribution in [0.3, 0.4) is 0 Å².